The Hall–Kier alpha value is -1.27. The van der Waals surface area contributed by atoms with Crippen molar-refractivity contribution >= 4 is 23.2 Å². The first-order chi connectivity index (χ1) is 9.29. The van der Waals surface area contributed by atoms with Crippen LogP contribution >= 0.6 is 11.6 Å². The van der Waals surface area contributed by atoms with E-state index in [0.29, 0.717) is 5.69 Å². The summed E-state index contributed by atoms with van der Waals surface area (Å²) in [6, 6.07) is 6.98. The molecule has 0 fully saturated rings. The number of amides is 1. The summed E-state index contributed by atoms with van der Waals surface area (Å²) < 4.78 is 39.9. The highest BCUT2D eigenvalue weighted by atomic mass is 35.5. The molecule has 1 unspecified atom stereocenters. The molecule has 0 saturated carbocycles. The average molecular weight is 310 g/mol. The molecule has 1 N–H and O–H groups in total. The molecule has 1 atom stereocenters. The standard InChI is InChI=1S/C13H15ClF3NO2/c1-9(14)10-4-2-3-5-11(10)18-12(19)6-7-20-8-13(15,16)17/h2-5,9H,6-8H2,1H3,(H,18,19). The lowest BCUT2D eigenvalue weighted by molar-refractivity contribution is -0.174. The summed E-state index contributed by atoms with van der Waals surface area (Å²) in [5, 5.41) is 2.32. The summed E-state index contributed by atoms with van der Waals surface area (Å²) in [4.78, 5) is 11.6. The number of rotatable bonds is 6. The number of ether oxygens (including phenoxy) is 1. The Morgan fingerprint density at radius 2 is 2.05 bits per heavy atom. The van der Waals surface area contributed by atoms with E-state index in [1.54, 1.807) is 31.2 Å². The molecule has 0 saturated heterocycles. The number of para-hydroxylation sites is 1. The minimum atomic E-state index is -4.38. The SMILES string of the molecule is CC(Cl)c1ccccc1NC(=O)CCOCC(F)(F)F. The van der Waals surface area contributed by atoms with Crippen molar-refractivity contribution in [1.29, 1.82) is 0 Å². The first kappa shape index (κ1) is 16.8. The van der Waals surface area contributed by atoms with Gasteiger partial charge in [-0.3, -0.25) is 4.79 Å². The van der Waals surface area contributed by atoms with Crippen LogP contribution in [-0.2, 0) is 9.53 Å². The maximum atomic E-state index is 11.8. The number of carbonyl (C=O) groups excluding carboxylic acids is 1. The van der Waals surface area contributed by atoms with Crippen LogP contribution in [-0.4, -0.2) is 25.3 Å². The summed E-state index contributed by atoms with van der Waals surface area (Å²) in [5.41, 5.74) is 1.30. The van der Waals surface area contributed by atoms with Gasteiger partial charge in [0.15, 0.2) is 0 Å². The van der Waals surface area contributed by atoms with Crippen LogP contribution in [0, 0.1) is 0 Å². The zero-order valence-corrected chi connectivity index (χ0v) is 11.6. The van der Waals surface area contributed by atoms with Crippen molar-refractivity contribution in [1.82, 2.24) is 0 Å². The maximum Gasteiger partial charge on any atom is 0.411 e. The quantitative estimate of drug-likeness (QED) is 0.639. The number of hydrogen-bond acceptors (Lipinski definition) is 2. The van der Waals surface area contributed by atoms with E-state index in [1.165, 1.54) is 0 Å². The number of hydrogen-bond donors (Lipinski definition) is 1. The number of halogens is 4. The molecule has 1 aromatic carbocycles. The monoisotopic (exact) mass is 309 g/mol. The molecule has 1 rings (SSSR count). The van der Waals surface area contributed by atoms with Crippen LogP contribution in [0.25, 0.3) is 0 Å². The van der Waals surface area contributed by atoms with Gasteiger partial charge in [0, 0.05) is 5.69 Å². The topological polar surface area (TPSA) is 38.3 Å². The lowest BCUT2D eigenvalue weighted by Crippen LogP contribution is -2.20. The first-order valence-corrected chi connectivity index (χ1v) is 6.40. The molecule has 0 aromatic heterocycles. The second-order valence-corrected chi connectivity index (χ2v) is 4.82. The third kappa shape index (κ3) is 6.25. The lowest BCUT2D eigenvalue weighted by Gasteiger charge is -2.12. The second-order valence-electron chi connectivity index (χ2n) is 4.17. The molecule has 20 heavy (non-hydrogen) atoms. The third-order valence-corrected chi connectivity index (χ3v) is 2.64. The number of nitrogens with one attached hydrogen (secondary N) is 1. The van der Waals surface area contributed by atoms with Crippen molar-refractivity contribution in [2.24, 2.45) is 0 Å². The van der Waals surface area contributed by atoms with Crippen molar-refractivity contribution in [3.8, 4) is 0 Å². The Labute approximate surface area is 120 Å². The van der Waals surface area contributed by atoms with E-state index in [2.05, 4.69) is 10.1 Å². The largest absolute Gasteiger partial charge is 0.411 e. The summed E-state index contributed by atoms with van der Waals surface area (Å²) >= 11 is 5.97. The smallest absolute Gasteiger partial charge is 0.372 e. The van der Waals surface area contributed by atoms with Crippen molar-refractivity contribution in [3.63, 3.8) is 0 Å². The molecule has 3 nitrogen and oxygen atoms in total. The van der Waals surface area contributed by atoms with E-state index < -0.39 is 18.7 Å². The van der Waals surface area contributed by atoms with E-state index in [-0.39, 0.29) is 18.4 Å². The van der Waals surface area contributed by atoms with E-state index in [4.69, 9.17) is 11.6 Å². The van der Waals surface area contributed by atoms with E-state index >= 15 is 0 Å². The second kappa shape index (κ2) is 7.50. The Balaban J connectivity index is 2.43. The molecule has 0 aliphatic carbocycles. The normalized spacial score (nSPS) is 13.1. The molecular formula is C13H15ClF3NO2. The molecule has 0 bridgehead atoms. The van der Waals surface area contributed by atoms with Crippen molar-refractivity contribution in [3.05, 3.63) is 29.8 Å². The molecule has 0 heterocycles. The maximum absolute atomic E-state index is 11.8. The van der Waals surface area contributed by atoms with Gasteiger partial charge >= 0.3 is 6.18 Å². The van der Waals surface area contributed by atoms with Gasteiger partial charge in [-0.2, -0.15) is 13.2 Å². The summed E-state index contributed by atoms with van der Waals surface area (Å²) in [6.45, 7) is 0.124. The lowest BCUT2D eigenvalue weighted by atomic mass is 10.1. The van der Waals surface area contributed by atoms with Gasteiger partial charge < -0.3 is 10.1 Å². The van der Waals surface area contributed by atoms with Crippen molar-refractivity contribution < 1.29 is 22.7 Å². The molecular weight excluding hydrogens is 295 g/mol. The molecule has 112 valence electrons. The number of benzene rings is 1. The zero-order valence-electron chi connectivity index (χ0n) is 10.8. The average Bonchev–Trinajstić information content (AvgIpc) is 2.34. The van der Waals surface area contributed by atoms with Crippen LogP contribution < -0.4 is 5.32 Å². The summed E-state index contributed by atoms with van der Waals surface area (Å²) in [5.74, 6) is -0.419. The highest BCUT2D eigenvalue weighted by Crippen LogP contribution is 2.27. The van der Waals surface area contributed by atoms with Gasteiger partial charge in [-0.05, 0) is 18.6 Å². The number of alkyl halides is 4. The predicted molar refractivity (Wildman–Crippen MR) is 70.8 cm³/mol. The Morgan fingerprint density at radius 3 is 2.65 bits per heavy atom. The van der Waals surface area contributed by atoms with Crippen LogP contribution in [0.4, 0.5) is 18.9 Å². The highest BCUT2D eigenvalue weighted by molar-refractivity contribution is 6.21. The van der Waals surface area contributed by atoms with Gasteiger partial charge in [-0.1, -0.05) is 18.2 Å². The van der Waals surface area contributed by atoms with E-state index in [9.17, 15) is 18.0 Å². The van der Waals surface area contributed by atoms with Gasteiger partial charge in [0.1, 0.15) is 6.61 Å². The van der Waals surface area contributed by atoms with Crippen molar-refractivity contribution in [2.75, 3.05) is 18.5 Å². The predicted octanol–water partition coefficient (Wildman–Crippen LogP) is 3.89. The number of anilines is 1. The Bertz CT molecular complexity index is 449. The van der Waals surface area contributed by atoms with Gasteiger partial charge in [-0.15, -0.1) is 11.6 Å². The number of carbonyl (C=O) groups is 1. The van der Waals surface area contributed by atoms with Crippen LogP contribution in [0.15, 0.2) is 24.3 Å². The van der Waals surface area contributed by atoms with Gasteiger partial charge in [0.05, 0.1) is 18.4 Å². The van der Waals surface area contributed by atoms with E-state index in [1.807, 2.05) is 0 Å². The van der Waals surface area contributed by atoms with E-state index in [0.717, 1.165) is 5.56 Å². The molecule has 0 spiro atoms. The van der Waals surface area contributed by atoms with Gasteiger partial charge in [0.2, 0.25) is 5.91 Å². The minimum absolute atomic E-state index is 0.152. The van der Waals surface area contributed by atoms with Crippen LogP contribution in [0.2, 0.25) is 0 Å². The Kier molecular flexibility index (Phi) is 6.29. The Morgan fingerprint density at radius 1 is 1.40 bits per heavy atom. The van der Waals surface area contributed by atoms with Crippen molar-refractivity contribution in [2.45, 2.75) is 24.9 Å². The molecule has 1 aromatic rings. The molecule has 7 heteroatoms. The molecule has 0 aliphatic heterocycles. The molecule has 0 radical (unpaired) electrons. The van der Waals surface area contributed by atoms with Crippen LogP contribution in [0.1, 0.15) is 24.3 Å². The molecule has 1 amide bonds. The van der Waals surface area contributed by atoms with Crippen LogP contribution in [0.3, 0.4) is 0 Å². The van der Waals surface area contributed by atoms with Crippen LogP contribution in [0.5, 0.6) is 0 Å². The highest BCUT2D eigenvalue weighted by Gasteiger charge is 2.27. The van der Waals surface area contributed by atoms with Gasteiger partial charge in [-0.25, -0.2) is 0 Å². The fourth-order valence-corrected chi connectivity index (χ4v) is 1.71. The first-order valence-electron chi connectivity index (χ1n) is 5.97. The minimum Gasteiger partial charge on any atom is -0.372 e. The fourth-order valence-electron chi connectivity index (χ4n) is 1.52. The summed E-state index contributed by atoms with van der Waals surface area (Å²) in [7, 11) is 0. The summed E-state index contributed by atoms with van der Waals surface area (Å²) in [6.07, 6.45) is -4.53. The van der Waals surface area contributed by atoms with Gasteiger partial charge in [0.25, 0.3) is 0 Å². The third-order valence-electron chi connectivity index (χ3n) is 2.40. The zero-order chi connectivity index (χ0) is 15.2. The fraction of sp³-hybridized carbons (Fsp3) is 0.462. The molecule has 0 aliphatic rings.